The molecule has 2 atom stereocenters. The van der Waals surface area contributed by atoms with Gasteiger partial charge in [0.25, 0.3) is 11.8 Å². The average molecular weight is 446 g/mol. The van der Waals surface area contributed by atoms with Crippen LogP contribution in [0.25, 0.3) is 0 Å². The predicted octanol–water partition coefficient (Wildman–Crippen LogP) is 2.94. The SMILES string of the molecule is O=C(N[C@H]1CCN2C(=O)c3cc(Br)ccc3NC(=O)[C@@H]2C1)c1cccc(F)c1. The highest BCUT2D eigenvalue weighted by atomic mass is 79.9. The molecule has 4 rings (SSSR count). The van der Waals surface area contributed by atoms with E-state index < -0.39 is 17.8 Å². The monoisotopic (exact) mass is 445 g/mol. The second kappa shape index (κ2) is 7.35. The number of fused-ring (bicyclic) bond motifs is 2. The van der Waals surface area contributed by atoms with Crippen molar-refractivity contribution in [3.05, 3.63) is 63.9 Å². The Morgan fingerprint density at radius 3 is 2.82 bits per heavy atom. The summed E-state index contributed by atoms with van der Waals surface area (Å²) in [6.07, 6.45) is 0.813. The molecule has 2 heterocycles. The van der Waals surface area contributed by atoms with Gasteiger partial charge in [-0.15, -0.1) is 0 Å². The Kier molecular flexibility index (Phi) is 4.89. The van der Waals surface area contributed by atoms with Crippen molar-refractivity contribution < 1.29 is 18.8 Å². The summed E-state index contributed by atoms with van der Waals surface area (Å²) in [6.45, 7) is 0.344. The van der Waals surface area contributed by atoms with Crippen molar-refractivity contribution in [2.45, 2.75) is 24.9 Å². The molecule has 0 aliphatic carbocycles. The topological polar surface area (TPSA) is 78.5 Å². The zero-order valence-corrected chi connectivity index (χ0v) is 16.3. The predicted molar refractivity (Wildman–Crippen MR) is 104 cm³/mol. The molecule has 28 heavy (non-hydrogen) atoms. The highest BCUT2D eigenvalue weighted by Gasteiger charge is 2.40. The third kappa shape index (κ3) is 3.52. The normalized spacial score (nSPS) is 21.3. The number of amides is 3. The van der Waals surface area contributed by atoms with Crippen LogP contribution in [0.5, 0.6) is 0 Å². The summed E-state index contributed by atoms with van der Waals surface area (Å²) in [5.41, 5.74) is 1.14. The van der Waals surface area contributed by atoms with Crippen LogP contribution in [0.2, 0.25) is 0 Å². The quantitative estimate of drug-likeness (QED) is 0.745. The van der Waals surface area contributed by atoms with Gasteiger partial charge in [0.2, 0.25) is 5.91 Å². The Balaban J connectivity index is 1.52. The molecule has 0 unspecified atom stereocenters. The number of benzene rings is 2. The highest BCUT2D eigenvalue weighted by Crippen LogP contribution is 2.30. The Labute approximate surface area is 169 Å². The maximum absolute atomic E-state index is 13.3. The standard InChI is InChI=1S/C20H17BrFN3O3/c21-12-4-5-16-15(9-12)20(28)25-7-6-14(10-17(25)19(27)24-16)23-18(26)11-2-1-3-13(22)8-11/h1-5,8-9,14,17H,6-7,10H2,(H,23,26)(H,24,27)/t14-,17-/m0/s1. The highest BCUT2D eigenvalue weighted by molar-refractivity contribution is 9.10. The maximum Gasteiger partial charge on any atom is 0.256 e. The second-order valence-electron chi connectivity index (χ2n) is 6.90. The van der Waals surface area contributed by atoms with E-state index in [4.69, 9.17) is 0 Å². The third-order valence-electron chi connectivity index (χ3n) is 5.06. The van der Waals surface area contributed by atoms with Gasteiger partial charge in [-0.25, -0.2) is 4.39 Å². The lowest BCUT2D eigenvalue weighted by Gasteiger charge is -2.37. The molecule has 0 spiro atoms. The Morgan fingerprint density at radius 2 is 2.04 bits per heavy atom. The maximum atomic E-state index is 13.3. The van der Waals surface area contributed by atoms with Crippen molar-refractivity contribution in [3.63, 3.8) is 0 Å². The van der Waals surface area contributed by atoms with E-state index in [1.165, 1.54) is 24.3 Å². The van der Waals surface area contributed by atoms with Gasteiger partial charge in [0, 0.05) is 22.6 Å². The van der Waals surface area contributed by atoms with Crippen LogP contribution in [0.3, 0.4) is 0 Å². The largest absolute Gasteiger partial charge is 0.349 e. The number of hydrogen-bond donors (Lipinski definition) is 2. The Morgan fingerprint density at radius 1 is 1.21 bits per heavy atom. The minimum Gasteiger partial charge on any atom is -0.349 e. The van der Waals surface area contributed by atoms with E-state index in [9.17, 15) is 18.8 Å². The number of piperidine rings is 1. The van der Waals surface area contributed by atoms with Gasteiger partial charge in [0.1, 0.15) is 11.9 Å². The molecular weight excluding hydrogens is 429 g/mol. The average Bonchev–Trinajstić information content (AvgIpc) is 2.77. The molecule has 0 saturated carbocycles. The number of nitrogens with one attached hydrogen (secondary N) is 2. The second-order valence-corrected chi connectivity index (χ2v) is 7.81. The first-order valence-corrected chi connectivity index (χ1v) is 9.69. The first-order valence-electron chi connectivity index (χ1n) is 8.90. The Bertz CT molecular complexity index is 981. The molecule has 0 bridgehead atoms. The fraction of sp³-hybridized carbons (Fsp3) is 0.250. The van der Waals surface area contributed by atoms with Gasteiger partial charge in [0.05, 0.1) is 11.3 Å². The summed E-state index contributed by atoms with van der Waals surface area (Å²) in [5.74, 6) is -1.38. The van der Waals surface area contributed by atoms with Crippen molar-refractivity contribution >= 4 is 39.3 Å². The molecule has 3 amide bonds. The summed E-state index contributed by atoms with van der Waals surface area (Å²) in [6, 6.07) is 9.62. The number of nitrogens with zero attached hydrogens (tertiary/aromatic N) is 1. The van der Waals surface area contributed by atoms with Gasteiger partial charge in [0.15, 0.2) is 0 Å². The van der Waals surface area contributed by atoms with E-state index in [0.717, 1.165) is 4.47 Å². The van der Waals surface area contributed by atoms with Crippen LogP contribution in [0, 0.1) is 5.82 Å². The van der Waals surface area contributed by atoms with Gasteiger partial charge in [-0.05, 0) is 49.2 Å². The first kappa shape index (κ1) is 18.6. The minimum atomic E-state index is -0.676. The summed E-state index contributed by atoms with van der Waals surface area (Å²) in [5, 5.41) is 5.66. The molecule has 0 aromatic heterocycles. The van der Waals surface area contributed by atoms with Crippen LogP contribution in [0.4, 0.5) is 10.1 Å². The summed E-state index contributed by atoms with van der Waals surface area (Å²) in [7, 11) is 0. The van der Waals surface area contributed by atoms with E-state index in [-0.39, 0.29) is 23.4 Å². The lowest BCUT2D eigenvalue weighted by atomic mass is 9.95. The van der Waals surface area contributed by atoms with Crippen molar-refractivity contribution in [2.75, 3.05) is 11.9 Å². The van der Waals surface area contributed by atoms with E-state index in [0.29, 0.717) is 30.6 Å². The summed E-state index contributed by atoms with van der Waals surface area (Å²) in [4.78, 5) is 39.6. The number of carbonyl (C=O) groups excluding carboxylic acids is 3. The lowest BCUT2D eigenvalue weighted by Crippen LogP contribution is -2.55. The van der Waals surface area contributed by atoms with Crippen LogP contribution in [0.15, 0.2) is 46.9 Å². The molecular formula is C20H17BrFN3O3. The van der Waals surface area contributed by atoms with Crippen LogP contribution in [-0.2, 0) is 4.79 Å². The number of rotatable bonds is 2. The molecule has 2 aliphatic rings. The lowest BCUT2D eigenvalue weighted by molar-refractivity contribution is -0.121. The fourth-order valence-corrected chi connectivity index (χ4v) is 4.02. The van der Waals surface area contributed by atoms with Crippen molar-refractivity contribution in [1.29, 1.82) is 0 Å². The number of halogens is 2. The van der Waals surface area contributed by atoms with Crippen molar-refractivity contribution in [3.8, 4) is 0 Å². The summed E-state index contributed by atoms with van der Waals surface area (Å²) >= 11 is 3.35. The molecule has 0 radical (unpaired) electrons. The van der Waals surface area contributed by atoms with E-state index in [2.05, 4.69) is 26.6 Å². The zero-order chi connectivity index (χ0) is 19.8. The molecule has 1 fully saturated rings. The van der Waals surface area contributed by atoms with Crippen LogP contribution >= 0.6 is 15.9 Å². The minimum absolute atomic E-state index is 0.213. The molecule has 1 saturated heterocycles. The Hall–Kier alpha value is -2.74. The molecule has 144 valence electrons. The van der Waals surface area contributed by atoms with E-state index >= 15 is 0 Å². The van der Waals surface area contributed by atoms with Gasteiger partial charge in [-0.1, -0.05) is 22.0 Å². The van der Waals surface area contributed by atoms with Gasteiger partial charge < -0.3 is 15.5 Å². The number of anilines is 1. The first-order chi connectivity index (χ1) is 13.4. The van der Waals surface area contributed by atoms with Gasteiger partial charge >= 0.3 is 0 Å². The fourth-order valence-electron chi connectivity index (χ4n) is 3.66. The van der Waals surface area contributed by atoms with Gasteiger partial charge in [-0.2, -0.15) is 0 Å². The number of carbonyl (C=O) groups is 3. The van der Waals surface area contributed by atoms with E-state index in [1.54, 1.807) is 23.1 Å². The third-order valence-corrected chi connectivity index (χ3v) is 5.55. The van der Waals surface area contributed by atoms with E-state index in [1.807, 2.05) is 0 Å². The van der Waals surface area contributed by atoms with Crippen molar-refractivity contribution in [1.82, 2.24) is 10.2 Å². The van der Waals surface area contributed by atoms with Crippen LogP contribution in [-0.4, -0.2) is 41.2 Å². The van der Waals surface area contributed by atoms with Crippen molar-refractivity contribution in [2.24, 2.45) is 0 Å². The molecule has 2 aromatic rings. The molecule has 2 aliphatic heterocycles. The van der Waals surface area contributed by atoms with Crippen LogP contribution in [0.1, 0.15) is 33.6 Å². The molecule has 2 N–H and O–H groups in total. The molecule has 2 aromatic carbocycles. The zero-order valence-electron chi connectivity index (χ0n) is 14.7. The van der Waals surface area contributed by atoms with Crippen LogP contribution < -0.4 is 10.6 Å². The molecule has 6 nitrogen and oxygen atoms in total. The summed E-state index contributed by atoms with van der Waals surface area (Å²) < 4.78 is 14.1. The van der Waals surface area contributed by atoms with Gasteiger partial charge in [-0.3, -0.25) is 14.4 Å². The smallest absolute Gasteiger partial charge is 0.256 e. The molecule has 8 heteroatoms. The number of hydrogen-bond acceptors (Lipinski definition) is 3.